The number of nitrogens with zero attached hydrogens (tertiary/aromatic N) is 1. The van der Waals surface area contributed by atoms with Crippen molar-refractivity contribution in [1.82, 2.24) is 0 Å². The van der Waals surface area contributed by atoms with Crippen molar-refractivity contribution in [2.75, 3.05) is 0 Å². The summed E-state index contributed by atoms with van der Waals surface area (Å²) in [7, 11) is -8.01. The number of hydrogen-bond acceptors (Lipinski definition) is 5. The summed E-state index contributed by atoms with van der Waals surface area (Å²) in [6.07, 6.45) is 7.02. The van der Waals surface area contributed by atoms with Crippen LogP contribution in [0.25, 0.3) is 0 Å². The van der Waals surface area contributed by atoms with Gasteiger partial charge in [0.25, 0.3) is 19.7 Å². The van der Waals surface area contributed by atoms with E-state index in [0.29, 0.717) is 25.7 Å². The Morgan fingerprint density at radius 2 is 1.05 bits per heavy atom. The van der Waals surface area contributed by atoms with Crippen LogP contribution in [0.15, 0.2) is 0 Å². The van der Waals surface area contributed by atoms with Crippen molar-refractivity contribution >= 4 is 24.1 Å². The lowest BCUT2D eigenvalue weighted by Crippen LogP contribution is -2.40. The van der Waals surface area contributed by atoms with Crippen molar-refractivity contribution in [3.05, 3.63) is 0 Å². The molecule has 0 radical (unpaired) electrons. The maximum absolute atomic E-state index is 12.6. The lowest BCUT2D eigenvalue weighted by molar-refractivity contribution is -0.112. The lowest BCUT2D eigenvalue weighted by atomic mass is 10.0. The minimum atomic E-state index is -4.01. The first-order valence-electron chi connectivity index (χ1n) is 7.63. The number of hydrogen-bond donors (Lipinski definition) is 1. The minimum Gasteiger partial charge on any atom is -0.215 e. The van der Waals surface area contributed by atoms with Gasteiger partial charge in [-0.15, -0.1) is 0 Å². The molecule has 2 saturated carbocycles. The van der Waals surface area contributed by atoms with Gasteiger partial charge >= 0.3 is 4.38 Å². The normalized spacial score (nSPS) is 22.7. The molecule has 0 atom stereocenters. The van der Waals surface area contributed by atoms with Gasteiger partial charge in [-0.1, -0.05) is 38.5 Å². The monoisotopic (exact) mass is 335 g/mol. The first-order chi connectivity index (χ1) is 9.90. The molecule has 2 aliphatic rings. The zero-order valence-electron chi connectivity index (χ0n) is 12.1. The summed E-state index contributed by atoms with van der Waals surface area (Å²) in [5, 5.41) is -1.37. The molecule has 21 heavy (non-hydrogen) atoms. The average molecular weight is 335 g/mol. The van der Waals surface area contributed by atoms with Crippen molar-refractivity contribution < 1.29 is 21.6 Å². The third kappa shape index (κ3) is 3.38. The van der Waals surface area contributed by atoms with E-state index in [4.69, 9.17) is 5.53 Å². The molecule has 0 aromatic carbocycles. The maximum atomic E-state index is 12.6. The summed E-state index contributed by atoms with van der Waals surface area (Å²) in [5.41, 5.74) is 7.14. The van der Waals surface area contributed by atoms with Crippen LogP contribution in [-0.4, -0.2) is 36.5 Å². The maximum Gasteiger partial charge on any atom is 0.544 e. The second-order valence-electron chi connectivity index (χ2n) is 5.99. The first kappa shape index (κ1) is 16.6. The highest BCUT2D eigenvalue weighted by Crippen LogP contribution is 2.30. The predicted octanol–water partition coefficient (Wildman–Crippen LogP) is 2.08. The Hall–Kier alpha value is -0.720. The fraction of sp³-hybridized carbons (Fsp3) is 0.923. The summed E-state index contributed by atoms with van der Waals surface area (Å²) in [4.78, 5) is 2.97. The van der Waals surface area contributed by atoms with Crippen molar-refractivity contribution in [2.24, 2.45) is 0 Å². The van der Waals surface area contributed by atoms with Crippen LogP contribution in [0.5, 0.6) is 0 Å². The quantitative estimate of drug-likeness (QED) is 0.361. The van der Waals surface area contributed by atoms with Crippen LogP contribution in [0.4, 0.5) is 0 Å². The van der Waals surface area contributed by atoms with E-state index in [1.54, 1.807) is 0 Å². The molecule has 0 amide bonds. The third-order valence-electron chi connectivity index (χ3n) is 4.56. The predicted molar refractivity (Wildman–Crippen MR) is 79.6 cm³/mol. The highest BCUT2D eigenvalue weighted by molar-refractivity contribution is 8.31. The van der Waals surface area contributed by atoms with Gasteiger partial charge in [0.2, 0.25) is 0 Å². The molecule has 2 rings (SSSR count). The molecule has 0 aliphatic heterocycles. The Morgan fingerprint density at radius 1 is 0.714 bits per heavy atom. The molecule has 2 aliphatic carbocycles. The average Bonchev–Trinajstić information content (AvgIpc) is 2.49. The number of sulfone groups is 2. The molecule has 120 valence electrons. The summed E-state index contributed by atoms with van der Waals surface area (Å²) in [6.45, 7) is 0. The van der Waals surface area contributed by atoms with Gasteiger partial charge in [0.15, 0.2) is 0 Å². The van der Waals surface area contributed by atoms with Crippen LogP contribution in [0, 0.1) is 5.53 Å². The van der Waals surface area contributed by atoms with Gasteiger partial charge in [-0.05, 0) is 25.7 Å². The van der Waals surface area contributed by atoms with E-state index in [1.807, 2.05) is 0 Å². The van der Waals surface area contributed by atoms with Gasteiger partial charge in [-0.3, -0.25) is 0 Å². The fourth-order valence-electron chi connectivity index (χ4n) is 3.33. The lowest BCUT2D eigenvalue weighted by Gasteiger charge is -2.22. The molecule has 0 aromatic heterocycles. The molecule has 0 unspecified atom stereocenters. The van der Waals surface area contributed by atoms with Crippen molar-refractivity contribution in [3.8, 4) is 0 Å². The van der Waals surface area contributed by atoms with Crippen molar-refractivity contribution in [1.29, 1.82) is 5.53 Å². The van der Waals surface area contributed by atoms with E-state index in [0.717, 1.165) is 38.5 Å². The standard InChI is InChI=1S/C13H23N2O4S2/c14-15-13(20(16,17)11-7-3-1-4-8-11)21(18,19)12-9-5-2-6-10-12/h11-12,14H,1-10H2/q+1. The molecule has 0 bridgehead atoms. The van der Waals surface area contributed by atoms with Gasteiger partial charge < -0.3 is 0 Å². The smallest absolute Gasteiger partial charge is 0.215 e. The Bertz CT molecular complexity index is 571. The Kier molecular flexibility index (Phi) is 5.22. The molecule has 6 nitrogen and oxygen atoms in total. The van der Waals surface area contributed by atoms with Crippen molar-refractivity contribution in [2.45, 2.75) is 74.7 Å². The Balaban J connectivity index is 2.32. The molecular weight excluding hydrogens is 312 g/mol. The second kappa shape index (κ2) is 6.58. The van der Waals surface area contributed by atoms with Crippen LogP contribution >= 0.6 is 0 Å². The Labute approximate surface area is 126 Å². The molecule has 0 spiro atoms. The molecule has 8 heteroatoms. The summed E-state index contributed by atoms with van der Waals surface area (Å²) >= 11 is 0. The van der Waals surface area contributed by atoms with Gasteiger partial charge in [0.1, 0.15) is 0 Å². The minimum absolute atomic E-state index is 0.474. The van der Waals surface area contributed by atoms with Crippen molar-refractivity contribution in [3.63, 3.8) is 0 Å². The van der Waals surface area contributed by atoms with E-state index >= 15 is 0 Å². The first-order valence-corrected chi connectivity index (χ1v) is 10.7. The summed E-state index contributed by atoms with van der Waals surface area (Å²) in [6, 6.07) is 0. The van der Waals surface area contributed by atoms with E-state index in [9.17, 15) is 16.8 Å². The third-order valence-corrected chi connectivity index (χ3v) is 9.81. The van der Waals surface area contributed by atoms with Crippen LogP contribution in [-0.2, 0) is 19.7 Å². The summed E-state index contributed by atoms with van der Waals surface area (Å²) < 4.78 is 49.4. The second-order valence-corrected chi connectivity index (χ2v) is 10.5. The van der Waals surface area contributed by atoms with Crippen LogP contribution in [0.2, 0.25) is 0 Å². The van der Waals surface area contributed by atoms with E-state index < -0.39 is 34.6 Å². The van der Waals surface area contributed by atoms with Gasteiger partial charge in [0, 0.05) is 0 Å². The van der Waals surface area contributed by atoms with Gasteiger partial charge in [-0.2, -0.15) is 0 Å². The van der Waals surface area contributed by atoms with Crippen LogP contribution < -0.4 is 0 Å². The molecule has 0 heterocycles. The van der Waals surface area contributed by atoms with Gasteiger partial charge in [0.05, 0.1) is 20.8 Å². The van der Waals surface area contributed by atoms with E-state index in [1.165, 1.54) is 0 Å². The van der Waals surface area contributed by atoms with Gasteiger partial charge in [-0.25, -0.2) is 16.8 Å². The Morgan fingerprint density at radius 3 is 1.33 bits per heavy atom. The van der Waals surface area contributed by atoms with E-state index in [2.05, 4.69) is 4.79 Å². The summed E-state index contributed by atoms with van der Waals surface area (Å²) in [5.74, 6) is 0. The SMILES string of the molecule is N=[N+]=C(S(=O)(=O)C1CCCCC1)S(=O)(=O)C1CCCCC1. The highest BCUT2D eigenvalue weighted by atomic mass is 32.3. The molecular formula is C13H23N2O4S2+. The zero-order valence-corrected chi connectivity index (χ0v) is 13.8. The molecule has 0 saturated heterocycles. The topological polar surface area (TPSA) is 106 Å². The number of nitrogens with one attached hydrogen (secondary N) is 1. The van der Waals surface area contributed by atoms with Crippen LogP contribution in [0.1, 0.15) is 64.2 Å². The van der Waals surface area contributed by atoms with Crippen LogP contribution in [0.3, 0.4) is 0 Å². The molecule has 0 aromatic rings. The number of rotatable bonds is 2. The zero-order chi connectivity index (χ0) is 15.5. The molecule has 2 fully saturated rings. The fourth-order valence-corrected chi connectivity index (χ4v) is 8.17. The highest BCUT2D eigenvalue weighted by Gasteiger charge is 2.51. The van der Waals surface area contributed by atoms with E-state index in [-0.39, 0.29) is 0 Å². The molecule has 1 N–H and O–H groups in total. The largest absolute Gasteiger partial charge is 0.544 e.